The first-order chi connectivity index (χ1) is 9.13. The lowest BCUT2D eigenvalue weighted by Gasteiger charge is -2.08. The Morgan fingerprint density at radius 1 is 1.32 bits per heavy atom. The van der Waals surface area contributed by atoms with Crippen molar-refractivity contribution in [1.29, 1.82) is 0 Å². The molecule has 0 aliphatic rings. The van der Waals surface area contributed by atoms with Crippen LogP contribution in [0.2, 0.25) is 5.02 Å². The molecule has 0 aliphatic carbocycles. The van der Waals surface area contributed by atoms with Crippen molar-refractivity contribution in [1.82, 2.24) is 15.0 Å². The lowest BCUT2D eigenvalue weighted by molar-refractivity contribution is 0.312. The first kappa shape index (κ1) is 13.5. The van der Waals surface area contributed by atoms with Crippen LogP contribution in [-0.2, 0) is 0 Å². The highest BCUT2D eigenvalue weighted by Crippen LogP contribution is 2.27. The van der Waals surface area contributed by atoms with Crippen LogP contribution in [0.5, 0.6) is 6.01 Å². The number of benzene rings is 1. The maximum atomic E-state index is 13.0. The van der Waals surface area contributed by atoms with Gasteiger partial charge in [-0.05, 0) is 25.1 Å². The fourth-order valence-corrected chi connectivity index (χ4v) is 1.70. The normalized spacial score (nSPS) is 10.3. The predicted octanol–water partition coefficient (Wildman–Crippen LogP) is 2.77. The second-order valence-corrected chi connectivity index (χ2v) is 3.98. The van der Waals surface area contributed by atoms with E-state index in [0.717, 1.165) is 0 Å². The minimum atomic E-state index is -0.415. The zero-order valence-electron chi connectivity index (χ0n) is 10.4. The average Bonchev–Trinajstić information content (AvgIpc) is 2.38. The zero-order valence-corrected chi connectivity index (χ0v) is 11.2. The van der Waals surface area contributed by atoms with Gasteiger partial charge in [0, 0.05) is 12.6 Å². The third-order valence-electron chi connectivity index (χ3n) is 2.28. The summed E-state index contributed by atoms with van der Waals surface area (Å²) in [5.41, 5.74) is 0.517. The summed E-state index contributed by atoms with van der Waals surface area (Å²) < 4.78 is 18.3. The molecule has 2 rings (SSSR count). The topological polar surface area (TPSA) is 59.9 Å². The molecule has 1 aromatic heterocycles. The van der Waals surface area contributed by atoms with Crippen molar-refractivity contribution in [2.45, 2.75) is 6.92 Å². The second kappa shape index (κ2) is 5.79. The summed E-state index contributed by atoms with van der Waals surface area (Å²) in [5, 5.41) is 3.04. The molecule has 0 fully saturated rings. The molecule has 0 amide bonds. The van der Waals surface area contributed by atoms with Crippen LogP contribution in [0.3, 0.4) is 0 Å². The smallest absolute Gasteiger partial charge is 0.321 e. The van der Waals surface area contributed by atoms with Gasteiger partial charge in [-0.25, -0.2) is 4.39 Å². The summed E-state index contributed by atoms with van der Waals surface area (Å²) >= 11 is 5.99. The van der Waals surface area contributed by atoms with Crippen molar-refractivity contribution < 1.29 is 9.13 Å². The van der Waals surface area contributed by atoms with Gasteiger partial charge >= 0.3 is 6.01 Å². The molecule has 1 aromatic carbocycles. The van der Waals surface area contributed by atoms with Crippen LogP contribution in [0.25, 0.3) is 11.4 Å². The van der Waals surface area contributed by atoms with Crippen molar-refractivity contribution in [3.05, 3.63) is 29.0 Å². The predicted molar refractivity (Wildman–Crippen MR) is 70.9 cm³/mol. The van der Waals surface area contributed by atoms with Crippen molar-refractivity contribution in [2.24, 2.45) is 0 Å². The van der Waals surface area contributed by atoms with Crippen LogP contribution in [0.15, 0.2) is 18.2 Å². The van der Waals surface area contributed by atoms with Gasteiger partial charge in [0.25, 0.3) is 0 Å². The van der Waals surface area contributed by atoms with E-state index in [9.17, 15) is 4.39 Å². The molecule has 0 aliphatic heterocycles. The molecule has 0 radical (unpaired) electrons. The fourth-order valence-electron chi connectivity index (χ4n) is 1.45. The highest BCUT2D eigenvalue weighted by molar-refractivity contribution is 6.33. The van der Waals surface area contributed by atoms with Gasteiger partial charge in [-0.3, -0.25) is 0 Å². The number of halogens is 2. The maximum Gasteiger partial charge on any atom is 0.321 e. The van der Waals surface area contributed by atoms with Gasteiger partial charge in [0.05, 0.1) is 11.6 Å². The fraction of sp³-hybridized carbons (Fsp3) is 0.250. The third kappa shape index (κ3) is 3.08. The van der Waals surface area contributed by atoms with Gasteiger partial charge in [-0.15, -0.1) is 0 Å². The Labute approximate surface area is 114 Å². The van der Waals surface area contributed by atoms with E-state index in [1.54, 1.807) is 7.05 Å². The molecular weight excluding hydrogens is 271 g/mol. The molecule has 19 heavy (non-hydrogen) atoms. The van der Waals surface area contributed by atoms with E-state index in [-0.39, 0.29) is 11.0 Å². The molecule has 100 valence electrons. The lowest BCUT2D eigenvalue weighted by Crippen LogP contribution is -2.05. The third-order valence-corrected chi connectivity index (χ3v) is 2.60. The number of hydrogen-bond acceptors (Lipinski definition) is 5. The zero-order chi connectivity index (χ0) is 13.8. The summed E-state index contributed by atoms with van der Waals surface area (Å²) in [6.45, 7) is 2.26. The monoisotopic (exact) mass is 282 g/mol. The summed E-state index contributed by atoms with van der Waals surface area (Å²) in [4.78, 5) is 12.4. The first-order valence-corrected chi connectivity index (χ1v) is 6.04. The highest BCUT2D eigenvalue weighted by atomic mass is 35.5. The van der Waals surface area contributed by atoms with Crippen LogP contribution in [0.4, 0.5) is 10.3 Å². The second-order valence-electron chi connectivity index (χ2n) is 3.57. The molecule has 1 heterocycles. The lowest BCUT2D eigenvalue weighted by atomic mass is 10.2. The van der Waals surface area contributed by atoms with Gasteiger partial charge in [0.1, 0.15) is 5.82 Å². The van der Waals surface area contributed by atoms with Crippen molar-refractivity contribution in [3.63, 3.8) is 0 Å². The van der Waals surface area contributed by atoms with E-state index >= 15 is 0 Å². The number of anilines is 1. The molecule has 0 unspecified atom stereocenters. The molecule has 0 atom stereocenters. The van der Waals surface area contributed by atoms with Gasteiger partial charge in [0.15, 0.2) is 5.82 Å². The van der Waals surface area contributed by atoms with Gasteiger partial charge in [-0.2, -0.15) is 15.0 Å². The molecular formula is C12H12ClFN4O. The number of aromatic nitrogens is 3. The summed E-state index contributed by atoms with van der Waals surface area (Å²) in [6.07, 6.45) is 0. The van der Waals surface area contributed by atoms with Crippen LogP contribution < -0.4 is 10.1 Å². The Hall–Kier alpha value is -1.95. The summed E-state index contributed by atoms with van der Waals surface area (Å²) in [5.74, 6) is 0.267. The number of nitrogens with zero attached hydrogens (tertiary/aromatic N) is 3. The number of rotatable bonds is 4. The molecule has 5 nitrogen and oxygen atoms in total. The largest absolute Gasteiger partial charge is 0.464 e. The first-order valence-electron chi connectivity index (χ1n) is 5.66. The van der Waals surface area contributed by atoms with Crippen molar-refractivity contribution >= 4 is 17.5 Å². The Bertz CT molecular complexity index is 594. The standard InChI is InChI=1S/C12H12ClFN4O/c1-3-19-12-17-10(16-11(15-2)18-12)8-5-4-7(14)6-9(8)13/h4-6H,3H2,1-2H3,(H,15,16,17,18). The summed E-state index contributed by atoms with van der Waals surface area (Å²) in [7, 11) is 1.68. The van der Waals surface area contributed by atoms with Crippen LogP contribution >= 0.6 is 11.6 Å². The highest BCUT2D eigenvalue weighted by Gasteiger charge is 2.12. The molecule has 2 aromatic rings. The quantitative estimate of drug-likeness (QED) is 0.934. The van der Waals surface area contributed by atoms with E-state index in [1.165, 1.54) is 18.2 Å². The number of nitrogens with one attached hydrogen (secondary N) is 1. The van der Waals surface area contributed by atoms with E-state index < -0.39 is 5.82 Å². The number of hydrogen-bond donors (Lipinski definition) is 1. The molecule has 0 bridgehead atoms. The Morgan fingerprint density at radius 2 is 2.11 bits per heavy atom. The van der Waals surface area contributed by atoms with Crippen molar-refractivity contribution in [2.75, 3.05) is 19.0 Å². The van der Waals surface area contributed by atoms with E-state index in [2.05, 4.69) is 20.3 Å². The SMILES string of the molecule is CCOc1nc(NC)nc(-c2ccc(F)cc2Cl)n1. The molecule has 7 heteroatoms. The van der Waals surface area contributed by atoms with Gasteiger partial charge < -0.3 is 10.1 Å². The Balaban J connectivity index is 2.51. The minimum Gasteiger partial charge on any atom is -0.464 e. The Kier molecular flexibility index (Phi) is 4.11. The molecule has 0 spiro atoms. The van der Waals surface area contributed by atoms with Crippen LogP contribution in [0, 0.1) is 5.82 Å². The van der Waals surface area contributed by atoms with Crippen LogP contribution in [0.1, 0.15) is 6.92 Å². The van der Waals surface area contributed by atoms with Gasteiger partial charge in [0.2, 0.25) is 5.95 Å². The van der Waals surface area contributed by atoms with E-state index in [1.807, 2.05) is 6.92 Å². The minimum absolute atomic E-state index is 0.192. The molecule has 0 saturated heterocycles. The average molecular weight is 283 g/mol. The number of ether oxygens (including phenoxy) is 1. The Morgan fingerprint density at radius 3 is 2.74 bits per heavy atom. The molecule has 0 saturated carbocycles. The van der Waals surface area contributed by atoms with Crippen molar-refractivity contribution in [3.8, 4) is 17.4 Å². The van der Waals surface area contributed by atoms with Crippen LogP contribution in [-0.4, -0.2) is 28.6 Å². The molecule has 1 N–H and O–H groups in total. The maximum absolute atomic E-state index is 13.0. The van der Waals surface area contributed by atoms with E-state index in [0.29, 0.717) is 23.9 Å². The van der Waals surface area contributed by atoms with E-state index in [4.69, 9.17) is 16.3 Å². The van der Waals surface area contributed by atoms with Gasteiger partial charge in [-0.1, -0.05) is 11.6 Å². The summed E-state index contributed by atoms with van der Waals surface area (Å²) in [6, 6.07) is 4.21.